The van der Waals surface area contributed by atoms with E-state index in [4.69, 9.17) is 0 Å². The lowest BCUT2D eigenvalue weighted by Crippen LogP contribution is -2.46. The van der Waals surface area contributed by atoms with Gasteiger partial charge in [-0.2, -0.15) is 13.2 Å². The molecule has 22 heavy (non-hydrogen) atoms. The van der Waals surface area contributed by atoms with Gasteiger partial charge in [0.15, 0.2) is 0 Å². The highest BCUT2D eigenvalue weighted by Gasteiger charge is 2.36. The summed E-state index contributed by atoms with van der Waals surface area (Å²) in [6, 6.07) is 3.48. The van der Waals surface area contributed by atoms with Crippen LogP contribution in [0.2, 0.25) is 0 Å². The van der Waals surface area contributed by atoms with Gasteiger partial charge in [0.2, 0.25) is 0 Å². The molecule has 1 aromatic carbocycles. The van der Waals surface area contributed by atoms with Gasteiger partial charge in [-0.3, -0.25) is 4.90 Å². The summed E-state index contributed by atoms with van der Waals surface area (Å²) in [6.45, 7) is 3.96. The van der Waals surface area contributed by atoms with E-state index in [-0.39, 0.29) is 30.4 Å². The van der Waals surface area contributed by atoms with Crippen LogP contribution in [0, 0.1) is 12.7 Å². The highest BCUT2D eigenvalue weighted by Crippen LogP contribution is 2.35. The lowest BCUT2D eigenvalue weighted by atomic mass is 9.99. The first-order chi connectivity index (χ1) is 9.37. The standard InChI is InChI=1S/C14H18F4N2.2ClH/c1-10-2-3-11(12(15)8-10)13(9-14(16,17)18)20-6-4-19-5-7-20;;/h2-3,8,13,19H,4-7,9H2,1H3;2*1H/t13-;;/m1../s1. The van der Waals surface area contributed by atoms with Gasteiger partial charge in [0.05, 0.1) is 6.42 Å². The van der Waals surface area contributed by atoms with Gasteiger partial charge in [0, 0.05) is 37.8 Å². The molecule has 128 valence electrons. The van der Waals surface area contributed by atoms with Crippen LogP contribution in [0.15, 0.2) is 18.2 Å². The predicted octanol–water partition coefficient (Wildman–Crippen LogP) is 3.88. The van der Waals surface area contributed by atoms with E-state index < -0.39 is 24.5 Å². The van der Waals surface area contributed by atoms with E-state index in [2.05, 4.69) is 5.32 Å². The van der Waals surface area contributed by atoms with Crippen molar-refractivity contribution in [3.05, 3.63) is 35.1 Å². The Morgan fingerprint density at radius 2 is 1.77 bits per heavy atom. The van der Waals surface area contributed by atoms with Gasteiger partial charge in [0.1, 0.15) is 5.82 Å². The summed E-state index contributed by atoms with van der Waals surface area (Å²) in [7, 11) is 0. The van der Waals surface area contributed by atoms with E-state index in [1.165, 1.54) is 12.1 Å². The highest BCUT2D eigenvalue weighted by molar-refractivity contribution is 5.85. The van der Waals surface area contributed by atoms with E-state index >= 15 is 0 Å². The number of halogens is 6. The molecule has 0 aliphatic carbocycles. The van der Waals surface area contributed by atoms with Gasteiger partial charge >= 0.3 is 6.18 Å². The quantitative estimate of drug-likeness (QED) is 0.821. The summed E-state index contributed by atoms with van der Waals surface area (Å²) < 4.78 is 52.4. The maximum atomic E-state index is 14.0. The Morgan fingerprint density at radius 1 is 1.18 bits per heavy atom. The number of alkyl halides is 3. The third-order valence-electron chi connectivity index (χ3n) is 3.53. The topological polar surface area (TPSA) is 15.3 Å². The number of hydrogen-bond donors (Lipinski definition) is 1. The van der Waals surface area contributed by atoms with E-state index in [0.717, 1.165) is 0 Å². The number of benzene rings is 1. The maximum absolute atomic E-state index is 14.0. The Morgan fingerprint density at radius 3 is 2.27 bits per heavy atom. The van der Waals surface area contributed by atoms with Crippen molar-refractivity contribution in [2.45, 2.75) is 25.6 Å². The van der Waals surface area contributed by atoms with Crippen LogP contribution >= 0.6 is 24.8 Å². The van der Waals surface area contributed by atoms with Crippen molar-refractivity contribution in [3.63, 3.8) is 0 Å². The molecular weight excluding hydrogens is 343 g/mol. The molecule has 1 aromatic rings. The number of aryl methyl sites for hydroxylation is 1. The van der Waals surface area contributed by atoms with Crippen molar-refractivity contribution in [2.75, 3.05) is 26.2 Å². The lowest BCUT2D eigenvalue weighted by Gasteiger charge is -2.35. The number of rotatable bonds is 3. The molecule has 0 amide bonds. The predicted molar refractivity (Wildman–Crippen MR) is 83.5 cm³/mol. The molecule has 1 N–H and O–H groups in total. The Hall–Kier alpha value is -0.560. The second-order valence-corrected chi connectivity index (χ2v) is 5.15. The minimum Gasteiger partial charge on any atom is -0.314 e. The molecule has 0 spiro atoms. The molecule has 8 heteroatoms. The third-order valence-corrected chi connectivity index (χ3v) is 3.53. The van der Waals surface area contributed by atoms with Crippen molar-refractivity contribution in [3.8, 4) is 0 Å². The van der Waals surface area contributed by atoms with Gasteiger partial charge in [-0.1, -0.05) is 12.1 Å². The Bertz CT molecular complexity index is 463. The van der Waals surface area contributed by atoms with Crippen molar-refractivity contribution in [1.29, 1.82) is 0 Å². The van der Waals surface area contributed by atoms with Gasteiger partial charge in [-0.25, -0.2) is 4.39 Å². The number of piperazine rings is 1. The number of nitrogens with one attached hydrogen (secondary N) is 1. The SMILES string of the molecule is Cc1ccc([C@@H](CC(F)(F)F)N2CCNCC2)c(F)c1.Cl.Cl. The first-order valence-corrected chi connectivity index (χ1v) is 6.64. The van der Waals surface area contributed by atoms with Crippen molar-refractivity contribution >= 4 is 24.8 Å². The van der Waals surface area contributed by atoms with Gasteiger partial charge in [-0.15, -0.1) is 24.8 Å². The first kappa shape index (κ1) is 21.4. The fraction of sp³-hybridized carbons (Fsp3) is 0.571. The Balaban J connectivity index is 0.00000220. The molecule has 0 radical (unpaired) electrons. The Labute approximate surface area is 140 Å². The summed E-state index contributed by atoms with van der Waals surface area (Å²) in [5, 5.41) is 3.09. The lowest BCUT2D eigenvalue weighted by molar-refractivity contribution is -0.149. The minimum atomic E-state index is -4.31. The van der Waals surface area contributed by atoms with Gasteiger partial charge < -0.3 is 5.32 Å². The largest absolute Gasteiger partial charge is 0.390 e. The van der Waals surface area contributed by atoms with Crippen LogP contribution in [0.1, 0.15) is 23.6 Å². The molecule has 1 saturated heterocycles. The zero-order valence-corrected chi connectivity index (χ0v) is 13.8. The van der Waals surface area contributed by atoms with Crippen molar-refractivity contribution in [1.82, 2.24) is 10.2 Å². The summed E-state index contributed by atoms with van der Waals surface area (Å²) in [5.41, 5.74) is 0.840. The third kappa shape index (κ3) is 5.91. The fourth-order valence-corrected chi connectivity index (χ4v) is 2.55. The molecule has 1 atom stereocenters. The number of hydrogen-bond acceptors (Lipinski definition) is 2. The number of nitrogens with zero attached hydrogens (tertiary/aromatic N) is 1. The molecule has 1 aliphatic heterocycles. The average Bonchev–Trinajstić information content (AvgIpc) is 2.36. The molecule has 1 heterocycles. The molecule has 0 saturated carbocycles. The summed E-state index contributed by atoms with van der Waals surface area (Å²) in [5.74, 6) is -0.558. The van der Waals surface area contributed by atoms with E-state index in [9.17, 15) is 17.6 Å². The molecule has 1 fully saturated rings. The van der Waals surface area contributed by atoms with Crippen molar-refractivity contribution in [2.24, 2.45) is 0 Å². The van der Waals surface area contributed by atoms with Crippen LogP contribution in [0.25, 0.3) is 0 Å². The van der Waals surface area contributed by atoms with Crippen LogP contribution in [-0.4, -0.2) is 37.3 Å². The zero-order valence-electron chi connectivity index (χ0n) is 12.1. The zero-order chi connectivity index (χ0) is 14.8. The fourth-order valence-electron chi connectivity index (χ4n) is 2.55. The van der Waals surface area contributed by atoms with Gasteiger partial charge in [0.25, 0.3) is 0 Å². The van der Waals surface area contributed by atoms with Crippen LogP contribution < -0.4 is 5.32 Å². The van der Waals surface area contributed by atoms with E-state index in [1.807, 2.05) is 0 Å². The molecule has 0 unspecified atom stereocenters. The van der Waals surface area contributed by atoms with E-state index in [0.29, 0.717) is 31.7 Å². The molecular formula is C14H20Cl2F4N2. The molecule has 1 aliphatic rings. The smallest absolute Gasteiger partial charge is 0.314 e. The summed E-state index contributed by atoms with van der Waals surface area (Å²) >= 11 is 0. The molecule has 0 aromatic heterocycles. The molecule has 0 bridgehead atoms. The molecule has 2 nitrogen and oxygen atoms in total. The second-order valence-electron chi connectivity index (χ2n) is 5.15. The second kappa shape index (κ2) is 8.91. The summed E-state index contributed by atoms with van der Waals surface area (Å²) in [4.78, 5) is 1.71. The summed E-state index contributed by atoms with van der Waals surface area (Å²) in [6.07, 6.45) is -5.33. The van der Waals surface area contributed by atoms with Crippen LogP contribution in [0.4, 0.5) is 17.6 Å². The maximum Gasteiger partial charge on any atom is 0.390 e. The van der Waals surface area contributed by atoms with E-state index in [1.54, 1.807) is 17.9 Å². The van der Waals surface area contributed by atoms with Crippen molar-refractivity contribution < 1.29 is 17.6 Å². The normalized spacial score (nSPS) is 17.3. The highest BCUT2D eigenvalue weighted by atomic mass is 35.5. The minimum absolute atomic E-state index is 0. The Kier molecular flexibility index (Phi) is 8.69. The van der Waals surface area contributed by atoms with Crippen LogP contribution in [0.3, 0.4) is 0 Å². The van der Waals surface area contributed by atoms with Crippen LogP contribution in [0.5, 0.6) is 0 Å². The first-order valence-electron chi connectivity index (χ1n) is 6.64. The molecule has 2 rings (SSSR count). The monoisotopic (exact) mass is 362 g/mol. The van der Waals surface area contributed by atoms with Crippen LogP contribution in [-0.2, 0) is 0 Å². The average molecular weight is 363 g/mol. The van der Waals surface area contributed by atoms with Gasteiger partial charge in [-0.05, 0) is 18.6 Å².